The van der Waals surface area contributed by atoms with Gasteiger partial charge in [0.05, 0.1) is 11.4 Å². The summed E-state index contributed by atoms with van der Waals surface area (Å²) in [5.41, 5.74) is 0.946. The molecule has 1 saturated heterocycles. The van der Waals surface area contributed by atoms with E-state index in [1.54, 1.807) is 0 Å². The van der Waals surface area contributed by atoms with Crippen molar-refractivity contribution in [3.05, 3.63) is 11.9 Å². The molecule has 0 saturated carbocycles. The minimum absolute atomic E-state index is 0.0640. The number of aryl methyl sites for hydroxylation is 1. The molecule has 1 atom stereocenters. The molecule has 0 aliphatic carbocycles. The molecule has 1 unspecified atom stereocenters. The molecular formula is C13H21N3O2S. The van der Waals surface area contributed by atoms with Gasteiger partial charge in [-0.05, 0) is 39.8 Å². The number of hydrogen-bond acceptors (Lipinski definition) is 4. The monoisotopic (exact) mass is 283 g/mol. The Bertz CT molecular complexity index is 441. The van der Waals surface area contributed by atoms with E-state index in [4.69, 9.17) is 5.11 Å². The molecule has 19 heavy (non-hydrogen) atoms. The third-order valence-electron chi connectivity index (χ3n) is 3.41. The summed E-state index contributed by atoms with van der Waals surface area (Å²) in [6.07, 6.45) is 4.58. The number of carboxylic acid groups (broad SMARTS) is 1. The van der Waals surface area contributed by atoms with Crippen LogP contribution in [0.25, 0.3) is 0 Å². The molecule has 1 aromatic heterocycles. The first-order valence-electron chi connectivity index (χ1n) is 6.68. The van der Waals surface area contributed by atoms with E-state index in [1.807, 2.05) is 13.1 Å². The zero-order valence-corrected chi connectivity index (χ0v) is 12.3. The Morgan fingerprint density at radius 2 is 2.21 bits per heavy atom. The smallest absolute Gasteiger partial charge is 0.313 e. The topological polar surface area (TPSA) is 58.4 Å². The average molecular weight is 283 g/mol. The van der Waals surface area contributed by atoms with Crippen molar-refractivity contribution in [1.29, 1.82) is 0 Å². The maximum atomic E-state index is 10.7. The maximum absolute atomic E-state index is 10.7. The summed E-state index contributed by atoms with van der Waals surface area (Å²) in [5.74, 6) is -0.737. The van der Waals surface area contributed by atoms with Crippen LogP contribution in [0.1, 0.15) is 25.5 Å². The summed E-state index contributed by atoms with van der Waals surface area (Å²) in [5, 5.41) is 9.57. The van der Waals surface area contributed by atoms with Crippen LogP contribution in [0.15, 0.2) is 11.4 Å². The van der Waals surface area contributed by atoms with Gasteiger partial charge in [-0.3, -0.25) is 9.69 Å². The number of imidazole rings is 1. The van der Waals surface area contributed by atoms with Crippen LogP contribution in [0.2, 0.25) is 0 Å². The van der Waals surface area contributed by atoms with Crippen molar-refractivity contribution in [2.24, 2.45) is 0 Å². The summed E-state index contributed by atoms with van der Waals surface area (Å²) in [7, 11) is 0. The van der Waals surface area contributed by atoms with Crippen LogP contribution < -0.4 is 0 Å². The van der Waals surface area contributed by atoms with Crippen molar-refractivity contribution in [2.45, 2.75) is 44.4 Å². The highest BCUT2D eigenvalue weighted by Crippen LogP contribution is 2.20. The summed E-state index contributed by atoms with van der Waals surface area (Å²) >= 11 is 1.29. The van der Waals surface area contributed by atoms with Crippen molar-refractivity contribution in [3.63, 3.8) is 0 Å². The van der Waals surface area contributed by atoms with Gasteiger partial charge in [-0.2, -0.15) is 0 Å². The van der Waals surface area contributed by atoms with Crippen molar-refractivity contribution >= 4 is 17.7 Å². The zero-order chi connectivity index (χ0) is 13.8. The molecule has 0 radical (unpaired) electrons. The standard InChI is InChI=1S/C13H21N3O2S/c1-10-7-16(13(14-10)19-9-12(17)18)8-11(2)15-5-3-4-6-15/h7,11H,3-6,8-9H2,1-2H3,(H,17,18). The predicted octanol–water partition coefficient (Wildman–Crippen LogP) is 1.85. The number of nitrogens with zero attached hydrogens (tertiary/aromatic N) is 3. The molecule has 5 nitrogen and oxygen atoms in total. The van der Waals surface area contributed by atoms with E-state index in [9.17, 15) is 4.79 Å². The molecule has 1 aliphatic heterocycles. The molecule has 0 spiro atoms. The molecule has 0 bridgehead atoms. The van der Waals surface area contributed by atoms with E-state index in [2.05, 4.69) is 21.4 Å². The number of likely N-dealkylation sites (tertiary alicyclic amines) is 1. The number of aromatic nitrogens is 2. The molecule has 2 heterocycles. The van der Waals surface area contributed by atoms with Crippen LogP contribution in [0.3, 0.4) is 0 Å². The van der Waals surface area contributed by atoms with Crippen molar-refractivity contribution in [3.8, 4) is 0 Å². The lowest BCUT2D eigenvalue weighted by Crippen LogP contribution is -2.33. The highest BCUT2D eigenvalue weighted by atomic mass is 32.2. The minimum Gasteiger partial charge on any atom is -0.481 e. The number of aliphatic carboxylic acids is 1. The summed E-state index contributed by atoms with van der Waals surface area (Å²) < 4.78 is 2.09. The molecule has 0 aromatic carbocycles. The molecule has 1 N–H and O–H groups in total. The van der Waals surface area contributed by atoms with E-state index in [0.29, 0.717) is 6.04 Å². The van der Waals surface area contributed by atoms with E-state index in [-0.39, 0.29) is 5.75 Å². The molecule has 1 fully saturated rings. The zero-order valence-electron chi connectivity index (χ0n) is 11.5. The average Bonchev–Trinajstić information content (AvgIpc) is 2.96. The van der Waals surface area contributed by atoms with Gasteiger partial charge in [-0.25, -0.2) is 4.98 Å². The molecule has 6 heteroatoms. The summed E-state index contributed by atoms with van der Waals surface area (Å²) in [4.78, 5) is 17.5. The van der Waals surface area contributed by atoms with Gasteiger partial charge in [0.2, 0.25) is 0 Å². The predicted molar refractivity (Wildman–Crippen MR) is 75.6 cm³/mol. The fourth-order valence-electron chi connectivity index (χ4n) is 2.48. The molecule has 106 valence electrons. The number of rotatable bonds is 6. The first kappa shape index (κ1) is 14.4. The summed E-state index contributed by atoms with van der Waals surface area (Å²) in [6.45, 7) is 7.40. The highest BCUT2D eigenvalue weighted by molar-refractivity contribution is 7.99. The van der Waals surface area contributed by atoms with Gasteiger partial charge < -0.3 is 9.67 Å². The van der Waals surface area contributed by atoms with Gasteiger partial charge in [-0.15, -0.1) is 0 Å². The lowest BCUT2D eigenvalue weighted by Gasteiger charge is -2.24. The third-order valence-corrected chi connectivity index (χ3v) is 4.39. The van der Waals surface area contributed by atoms with Crippen molar-refractivity contribution in [2.75, 3.05) is 18.8 Å². The van der Waals surface area contributed by atoms with Crippen LogP contribution in [-0.4, -0.2) is 50.4 Å². The molecule has 2 rings (SSSR count). The van der Waals surface area contributed by atoms with E-state index in [1.165, 1.54) is 37.7 Å². The summed E-state index contributed by atoms with van der Waals surface area (Å²) in [6, 6.07) is 0.472. The Morgan fingerprint density at radius 3 is 2.84 bits per heavy atom. The van der Waals surface area contributed by atoms with E-state index < -0.39 is 5.97 Å². The molecule has 0 amide bonds. The Morgan fingerprint density at radius 1 is 1.53 bits per heavy atom. The van der Waals surface area contributed by atoms with Crippen LogP contribution in [0.4, 0.5) is 0 Å². The van der Waals surface area contributed by atoms with Gasteiger partial charge in [0, 0.05) is 18.8 Å². The van der Waals surface area contributed by atoms with E-state index >= 15 is 0 Å². The Kier molecular flexibility index (Phi) is 4.87. The Balaban J connectivity index is 1.99. The number of carbonyl (C=O) groups is 1. The van der Waals surface area contributed by atoms with Crippen molar-refractivity contribution < 1.29 is 9.90 Å². The highest BCUT2D eigenvalue weighted by Gasteiger charge is 2.19. The van der Waals surface area contributed by atoms with E-state index in [0.717, 1.165) is 17.4 Å². The lowest BCUT2D eigenvalue weighted by molar-refractivity contribution is -0.133. The molecular weight excluding hydrogens is 262 g/mol. The first-order chi connectivity index (χ1) is 9.06. The second-order valence-electron chi connectivity index (χ2n) is 5.09. The molecule has 1 aliphatic rings. The number of hydrogen-bond donors (Lipinski definition) is 1. The van der Waals surface area contributed by atoms with Crippen LogP contribution in [-0.2, 0) is 11.3 Å². The quantitative estimate of drug-likeness (QED) is 0.807. The fraction of sp³-hybridized carbons (Fsp3) is 0.692. The second-order valence-corrected chi connectivity index (χ2v) is 6.03. The fourth-order valence-corrected chi connectivity index (χ4v) is 3.23. The third kappa shape index (κ3) is 3.98. The Labute approximate surface area is 118 Å². The van der Waals surface area contributed by atoms with Crippen LogP contribution >= 0.6 is 11.8 Å². The van der Waals surface area contributed by atoms with Crippen molar-refractivity contribution in [1.82, 2.24) is 14.5 Å². The first-order valence-corrected chi connectivity index (χ1v) is 7.67. The number of carboxylic acids is 1. The maximum Gasteiger partial charge on any atom is 0.313 e. The van der Waals surface area contributed by atoms with Crippen LogP contribution in [0, 0.1) is 6.92 Å². The van der Waals surface area contributed by atoms with Gasteiger partial charge >= 0.3 is 5.97 Å². The van der Waals surface area contributed by atoms with Gasteiger partial charge in [0.15, 0.2) is 5.16 Å². The minimum atomic E-state index is -0.801. The SMILES string of the molecule is Cc1cn(CC(C)N2CCCC2)c(SCC(=O)O)n1. The Hall–Kier alpha value is -1.01. The molecule has 1 aromatic rings. The van der Waals surface area contributed by atoms with Gasteiger partial charge in [-0.1, -0.05) is 11.8 Å². The lowest BCUT2D eigenvalue weighted by atomic mass is 10.3. The largest absolute Gasteiger partial charge is 0.481 e. The van der Waals surface area contributed by atoms with Gasteiger partial charge in [0.1, 0.15) is 0 Å². The second kappa shape index (κ2) is 6.43. The normalized spacial score (nSPS) is 17.8. The van der Waals surface area contributed by atoms with Gasteiger partial charge in [0.25, 0.3) is 0 Å². The van der Waals surface area contributed by atoms with Crippen LogP contribution in [0.5, 0.6) is 0 Å². The number of thioether (sulfide) groups is 1.